The molecule has 0 aromatic rings. The van der Waals surface area contributed by atoms with Gasteiger partial charge in [-0.1, -0.05) is 20.8 Å². The lowest BCUT2D eigenvalue weighted by Crippen LogP contribution is -2.37. The quantitative estimate of drug-likeness (QED) is 0.732. The number of rotatable bonds is 2. The molecule has 14 heavy (non-hydrogen) atoms. The standard InChI is InChI=1S/C9H20N2O2S/c1-9(2,3)7-14(12,13)11-5-4-8(10)6-11/h8H,4-7,10H2,1-3H3/t8-/m1/s1. The number of hydrogen-bond donors (Lipinski definition) is 1. The van der Waals surface area contributed by atoms with Gasteiger partial charge in [-0.15, -0.1) is 0 Å². The molecule has 1 aliphatic rings. The second kappa shape index (κ2) is 3.79. The van der Waals surface area contributed by atoms with Crippen molar-refractivity contribution < 1.29 is 8.42 Å². The van der Waals surface area contributed by atoms with E-state index in [9.17, 15) is 8.42 Å². The molecule has 1 heterocycles. The van der Waals surface area contributed by atoms with Gasteiger partial charge in [0.15, 0.2) is 0 Å². The minimum Gasteiger partial charge on any atom is -0.326 e. The van der Waals surface area contributed by atoms with Crippen LogP contribution in [0.2, 0.25) is 0 Å². The maximum absolute atomic E-state index is 11.9. The summed E-state index contributed by atoms with van der Waals surface area (Å²) in [5.74, 6) is 0.201. The average Bonchev–Trinajstić information content (AvgIpc) is 2.29. The highest BCUT2D eigenvalue weighted by Crippen LogP contribution is 2.21. The minimum atomic E-state index is -3.10. The van der Waals surface area contributed by atoms with Crippen LogP contribution in [0.1, 0.15) is 27.2 Å². The van der Waals surface area contributed by atoms with Crippen molar-refractivity contribution in [2.75, 3.05) is 18.8 Å². The molecule has 1 fully saturated rings. The van der Waals surface area contributed by atoms with Crippen LogP contribution < -0.4 is 5.73 Å². The van der Waals surface area contributed by atoms with Crippen molar-refractivity contribution >= 4 is 10.0 Å². The molecule has 0 radical (unpaired) electrons. The Kier molecular flexibility index (Phi) is 3.23. The summed E-state index contributed by atoms with van der Waals surface area (Å²) in [5, 5.41) is 0. The third kappa shape index (κ3) is 3.22. The molecule has 1 atom stereocenters. The van der Waals surface area contributed by atoms with Gasteiger partial charge in [0.25, 0.3) is 0 Å². The molecule has 0 aliphatic carbocycles. The Balaban J connectivity index is 2.67. The maximum Gasteiger partial charge on any atom is 0.214 e. The zero-order valence-electron chi connectivity index (χ0n) is 9.16. The van der Waals surface area contributed by atoms with Crippen molar-refractivity contribution in [2.24, 2.45) is 11.1 Å². The molecule has 1 aliphatic heterocycles. The van der Waals surface area contributed by atoms with Crippen LogP contribution >= 0.6 is 0 Å². The van der Waals surface area contributed by atoms with Crippen LogP contribution in [0.3, 0.4) is 0 Å². The van der Waals surface area contributed by atoms with E-state index in [-0.39, 0.29) is 17.2 Å². The van der Waals surface area contributed by atoms with Gasteiger partial charge >= 0.3 is 0 Å². The third-order valence-electron chi connectivity index (χ3n) is 2.20. The van der Waals surface area contributed by atoms with Gasteiger partial charge in [-0.2, -0.15) is 0 Å². The maximum atomic E-state index is 11.9. The molecule has 1 rings (SSSR count). The smallest absolute Gasteiger partial charge is 0.214 e. The van der Waals surface area contributed by atoms with Crippen molar-refractivity contribution in [1.29, 1.82) is 0 Å². The van der Waals surface area contributed by atoms with E-state index in [1.807, 2.05) is 20.8 Å². The summed E-state index contributed by atoms with van der Waals surface area (Å²) >= 11 is 0. The lowest BCUT2D eigenvalue weighted by atomic mass is 10.0. The Bertz CT molecular complexity index is 292. The van der Waals surface area contributed by atoms with Crippen molar-refractivity contribution in [1.82, 2.24) is 4.31 Å². The van der Waals surface area contributed by atoms with Crippen LogP contribution in [-0.4, -0.2) is 37.6 Å². The zero-order valence-corrected chi connectivity index (χ0v) is 9.97. The third-order valence-corrected chi connectivity index (χ3v) is 4.55. The second-order valence-electron chi connectivity index (χ2n) is 5.22. The first-order valence-corrected chi connectivity index (χ1v) is 6.55. The van der Waals surface area contributed by atoms with Gasteiger partial charge < -0.3 is 5.73 Å². The van der Waals surface area contributed by atoms with E-state index >= 15 is 0 Å². The molecule has 84 valence electrons. The van der Waals surface area contributed by atoms with Crippen LogP contribution in [-0.2, 0) is 10.0 Å². The SMILES string of the molecule is CC(C)(C)CS(=O)(=O)N1CC[C@@H](N)C1. The molecule has 0 unspecified atom stereocenters. The summed E-state index contributed by atoms with van der Waals surface area (Å²) in [6.45, 7) is 6.86. The fourth-order valence-corrected chi connectivity index (χ4v) is 3.72. The predicted octanol–water partition coefficient (Wildman–Crippen LogP) is 0.395. The van der Waals surface area contributed by atoms with E-state index in [1.54, 1.807) is 0 Å². The predicted molar refractivity (Wildman–Crippen MR) is 57.4 cm³/mol. The monoisotopic (exact) mass is 220 g/mol. The number of nitrogens with zero attached hydrogens (tertiary/aromatic N) is 1. The first kappa shape index (κ1) is 11.9. The zero-order chi connectivity index (χ0) is 11.0. The molecule has 0 spiro atoms. The summed E-state index contributed by atoms with van der Waals surface area (Å²) in [7, 11) is -3.10. The molecule has 0 aromatic carbocycles. The van der Waals surface area contributed by atoms with Crippen molar-refractivity contribution in [2.45, 2.75) is 33.2 Å². The molecular formula is C9H20N2O2S. The van der Waals surface area contributed by atoms with Gasteiger partial charge in [-0.3, -0.25) is 0 Å². The molecule has 2 N–H and O–H groups in total. The van der Waals surface area contributed by atoms with Crippen LogP contribution in [0, 0.1) is 5.41 Å². The largest absolute Gasteiger partial charge is 0.326 e. The van der Waals surface area contributed by atoms with E-state index in [4.69, 9.17) is 5.73 Å². The number of hydrogen-bond acceptors (Lipinski definition) is 3. The first-order chi connectivity index (χ1) is 6.21. The molecule has 4 nitrogen and oxygen atoms in total. The Hall–Kier alpha value is -0.130. The van der Waals surface area contributed by atoms with E-state index in [0.717, 1.165) is 6.42 Å². The summed E-state index contributed by atoms with van der Waals surface area (Å²) in [6.07, 6.45) is 0.781. The van der Waals surface area contributed by atoms with E-state index in [0.29, 0.717) is 13.1 Å². The Morgan fingerprint density at radius 1 is 1.43 bits per heavy atom. The lowest BCUT2D eigenvalue weighted by Gasteiger charge is -2.23. The molecule has 1 saturated heterocycles. The van der Waals surface area contributed by atoms with Crippen LogP contribution in [0.25, 0.3) is 0 Å². The van der Waals surface area contributed by atoms with E-state index in [2.05, 4.69) is 0 Å². The van der Waals surface area contributed by atoms with Crippen LogP contribution in [0.15, 0.2) is 0 Å². The molecular weight excluding hydrogens is 200 g/mol. The highest BCUT2D eigenvalue weighted by atomic mass is 32.2. The van der Waals surface area contributed by atoms with Gasteiger partial charge in [0.05, 0.1) is 5.75 Å². The van der Waals surface area contributed by atoms with E-state index in [1.165, 1.54) is 4.31 Å². The summed E-state index contributed by atoms with van der Waals surface area (Å²) in [6, 6.07) is 0.0183. The first-order valence-electron chi connectivity index (χ1n) is 4.94. The van der Waals surface area contributed by atoms with Gasteiger partial charge in [0.1, 0.15) is 0 Å². The summed E-state index contributed by atoms with van der Waals surface area (Å²) < 4.78 is 25.2. The molecule has 5 heteroatoms. The number of sulfonamides is 1. The highest BCUT2D eigenvalue weighted by molar-refractivity contribution is 7.89. The Morgan fingerprint density at radius 3 is 2.36 bits per heavy atom. The van der Waals surface area contributed by atoms with Crippen molar-refractivity contribution in [3.63, 3.8) is 0 Å². The van der Waals surface area contributed by atoms with Gasteiger partial charge in [0, 0.05) is 19.1 Å². The topological polar surface area (TPSA) is 63.4 Å². The molecule has 0 saturated carbocycles. The fourth-order valence-electron chi connectivity index (χ4n) is 1.65. The van der Waals surface area contributed by atoms with Crippen molar-refractivity contribution in [3.05, 3.63) is 0 Å². The van der Waals surface area contributed by atoms with E-state index < -0.39 is 10.0 Å². The Labute approximate surface area is 86.5 Å². The lowest BCUT2D eigenvalue weighted by molar-refractivity contribution is 0.422. The summed E-state index contributed by atoms with van der Waals surface area (Å²) in [5.41, 5.74) is 5.49. The Morgan fingerprint density at radius 2 is 2.00 bits per heavy atom. The molecule has 0 aromatic heterocycles. The van der Waals surface area contributed by atoms with Crippen molar-refractivity contribution in [3.8, 4) is 0 Å². The van der Waals surface area contributed by atoms with Crippen LogP contribution in [0.5, 0.6) is 0 Å². The highest BCUT2D eigenvalue weighted by Gasteiger charge is 2.32. The fraction of sp³-hybridized carbons (Fsp3) is 1.00. The van der Waals surface area contributed by atoms with Crippen LogP contribution in [0.4, 0.5) is 0 Å². The normalized spacial score (nSPS) is 25.6. The average molecular weight is 220 g/mol. The van der Waals surface area contributed by atoms with Gasteiger partial charge in [-0.05, 0) is 11.8 Å². The summed E-state index contributed by atoms with van der Waals surface area (Å²) in [4.78, 5) is 0. The molecule has 0 amide bonds. The molecule has 0 bridgehead atoms. The second-order valence-corrected chi connectivity index (χ2v) is 7.19. The van der Waals surface area contributed by atoms with Gasteiger partial charge in [0.2, 0.25) is 10.0 Å². The number of nitrogens with two attached hydrogens (primary N) is 1. The minimum absolute atomic E-state index is 0.0183. The van der Waals surface area contributed by atoms with Gasteiger partial charge in [-0.25, -0.2) is 12.7 Å².